The third-order valence-corrected chi connectivity index (χ3v) is 5.43. The van der Waals surface area contributed by atoms with Crippen LogP contribution in [0.15, 0.2) is 53.5 Å². The van der Waals surface area contributed by atoms with Crippen molar-refractivity contribution >= 4 is 39.8 Å². The van der Waals surface area contributed by atoms with E-state index in [-0.39, 0.29) is 41.7 Å². The molecule has 0 saturated heterocycles. The van der Waals surface area contributed by atoms with Gasteiger partial charge in [0.2, 0.25) is 0 Å². The first kappa shape index (κ1) is 27.4. The van der Waals surface area contributed by atoms with Crippen molar-refractivity contribution in [2.45, 2.75) is 39.5 Å². The zero-order valence-electron chi connectivity index (χ0n) is 18.6. The fraction of sp³-hybridized carbons (Fsp3) is 0.435. The highest BCUT2D eigenvalue weighted by molar-refractivity contribution is 14.0. The summed E-state index contributed by atoms with van der Waals surface area (Å²) in [5, 5.41) is 6.56. The van der Waals surface area contributed by atoms with E-state index >= 15 is 0 Å². The van der Waals surface area contributed by atoms with E-state index in [0.29, 0.717) is 30.2 Å². The number of aliphatic imine (C=N–C) groups is 1. The second kappa shape index (κ2) is 12.4. The molecular formula is C23H33FIN3O2S. The number of hydrogen-bond acceptors (Lipinski definition) is 3. The summed E-state index contributed by atoms with van der Waals surface area (Å²) in [4.78, 5) is 4.56. The highest BCUT2D eigenvalue weighted by Gasteiger charge is 2.19. The van der Waals surface area contributed by atoms with Crippen molar-refractivity contribution in [2.75, 3.05) is 19.3 Å². The lowest BCUT2D eigenvalue weighted by Gasteiger charge is -2.26. The van der Waals surface area contributed by atoms with Gasteiger partial charge in [-0.3, -0.25) is 0 Å². The molecule has 2 rings (SSSR count). The van der Waals surface area contributed by atoms with Crippen LogP contribution in [0.5, 0.6) is 0 Å². The number of nitrogens with one attached hydrogen (secondary N) is 2. The van der Waals surface area contributed by atoms with E-state index in [4.69, 9.17) is 0 Å². The number of benzene rings is 2. The quantitative estimate of drug-likeness (QED) is 0.272. The molecule has 0 aliphatic carbocycles. The minimum Gasteiger partial charge on any atom is -0.357 e. The number of hydrogen-bond donors (Lipinski definition) is 2. The van der Waals surface area contributed by atoms with Crippen molar-refractivity contribution in [3.05, 3.63) is 71.0 Å². The van der Waals surface area contributed by atoms with Gasteiger partial charge in [-0.05, 0) is 47.6 Å². The Bertz CT molecular complexity index is 964. The molecule has 0 amide bonds. The van der Waals surface area contributed by atoms with Gasteiger partial charge in [-0.25, -0.2) is 17.8 Å². The van der Waals surface area contributed by atoms with Crippen LogP contribution >= 0.6 is 24.0 Å². The van der Waals surface area contributed by atoms with E-state index in [1.807, 2.05) is 25.1 Å². The van der Waals surface area contributed by atoms with E-state index in [0.717, 1.165) is 6.42 Å². The summed E-state index contributed by atoms with van der Waals surface area (Å²) in [5.41, 5.74) is 2.41. The predicted molar refractivity (Wildman–Crippen MR) is 137 cm³/mol. The maximum Gasteiger partial charge on any atom is 0.191 e. The SMILES string of the molecule is CCNC(=NCc1cc(F)ccc1CS(C)(=O)=O)NCC(C)(C)Cc1ccccc1.I. The van der Waals surface area contributed by atoms with Gasteiger partial charge in [-0.15, -0.1) is 24.0 Å². The van der Waals surface area contributed by atoms with Gasteiger partial charge in [-0.2, -0.15) is 0 Å². The van der Waals surface area contributed by atoms with Crippen molar-refractivity contribution in [1.82, 2.24) is 10.6 Å². The normalized spacial score (nSPS) is 12.2. The molecule has 0 spiro atoms. The third-order valence-electron chi connectivity index (χ3n) is 4.60. The van der Waals surface area contributed by atoms with E-state index in [1.165, 1.54) is 30.0 Å². The zero-order chi connectivity index (χ0) is 22.2. The van der Waals surface area contributed by atoms with E-state index in [2.05, 4.69) is 41.6 Å². The maximum atomic E-state index is 13.7. The fourth-order valence-electron chi connectivity index (χ4n) is 3.20. The van der Waals surface area contributed by atoms with Crippen molar-refractivity contribution in [3.8, 4) is 0 Å². The summed E-state index contributed by atoms with van der Waals surface area (Å²) in [5.74, 6) is 0.0826. The predicted octanol–water partition coefficient (Wildman–Crippen LogP) is 4.31. The lowest BCUT2D eigenvalue weighted by Crippen LogP contribution is -2.42. The Hall–Kier alpha value is -1.68. The summed E-state index contributed by atoms with van der Waals surface area (Å²) in [6, 6.07) is 14.5. The molecule has 31 heavy (non-hydrogen) atoms. The average Bonchev–Trinajstić information content (AvgIpc) is 2.65. The monoisotopic (exact) mass is 561 g/mol. The Morgan fingerprint density at radius 1 is 1.06 bits per heavy atom. The maximum absolute atomic E-state index is 13.7. The average molecular weight is 562 g/mol. The summed E-state index contributed by atoms with van der Waals surface area (Å²) in [7, 11) is -3.22. The number of sulfone groups is 1. The standard InChI is InChI=1S/C23H32FN3O2S.HI/c1-5-25-22(27-17-23(2,3)14-18-9-7-6-8-10-18)26-15-20-13-21(24)12-11-19(20)16-30(4,28)29;/h6-13H,5,14-17H2,1-4H3,(H2,25,26,27);1H. The molecule has 2 aromatic carbocycles. The highest BCUT2D eigenvalue weighted by atomic mass is 127. The van der Waals surface area contributed by atoms with Crippen LogP contribution < -0.4 is 10.6 Å². The molecule has 0 aromatic heterocycles. The van der Waals surface area contributed by atoms with Gasteiger partial charge in [0, 0.05) is 19.3 Å². The lowest BCUT2D eigenvalue weighted by molar-refractivity contribution is 0.359. The highest BCUT2D eigenvalue weighted by Crippen LogP contribution is 2.21. The Morgan fingerprint density at radius 2 is 1.74 bits per heavy atom. The van der Waals surface area contributed by atoms with Crippen LogP contribution in [0.2, 0.25) is 0 Å². The van der Waals surface area contributed by atoms with Gasteiger partial charge in [0.1, 0.15) is 5.82 Å². The molecule has 0 atom stereocenters. The molecule has 0 fully saturated rings. The van der Waals surface area contributed by atoms with Gasteiger partial charge in [-0.1, -0.05) is 50.2 Å². The molecular weight excluding hydrogens is 528 g/mol. The minimum atomic E-state index is -3.22. The zero-order valence-corrected chi connectivity index (χ0v) is 21.8. The lowest BCUT2D eigenvalue weighted by atomic mass is 9.86. The van der Waals surface area contributed by atoms with Gasteiger partial charge < -0.3 is 10.6 Å². The summed E-state index contributed by atoms with van der Waals surface area (Å²) >= 11 is 0. The molecule has 0 radical (unpaired) electrons. The summed E-state index contributed by atoms with van der Waals surface area (Å²) in [6.07, 6.45) is 2.09. The molecule has 0 unspecified atom stereocenters. The van der Waals surface area contributed by atoms with Crippen LogP contribution in [-0.2, 0) is 28.6 Å². The number of rotatable bonds is 9. The summed E-state index contributed by atoms with van der Waals surface area (Å²) in [6.45, 7) is 7.93. The van der Waals surface area contributed by atoms with E-state index < -0.39 is 15.7 Å². The Labute approximate surface area is 202 Å². The molecule has 0 aliphatic rings. The topological polar surface area (TPSA) is 70.6 Å². The second-order valence-corrected chi connectivity index (χ2v) is 10.5. The minimum absolute atomic E-state index is 0. The van der Waals surface area contributed by atoms with Crippen molar-refractivity contribution in [1.29, 1.82) is 0 Å². The molecule has 0 saturated carbocycles. The molecule has 0 aliphatic heterocycles. The number of guanidine groups is 1. The first-order valence-corrected chi connectivity index (χ1v) is 12.2. The molecule has 2 N–H and O–H groups in total. The van der Waals surface area contributed by atoms with Gasteiger partial charge in [0.15, 0.2) is 15.8 Å². The largest absolute Gasteiger partial charge is 0.357 e. The van der Waals surface area contributed by atoms with Crippen LogP contribution in [0.1, 0.15) is 37.5 Å². The van der Waals surface area contributed by atoms with Gasteiger partial charge in [0.25, 0.3) is 0 Å². The fourth-order valence-corrected chi connectivity index (χ4v) is 4.05. The van der Waals surface area contributed by atoms with Crippen molar-refractivity contribution < 1.29 is 12.8 Å². The van der Waals surface area contributed by atoms with Gasteiger partial charge >= 0.3 is 0 Å². The molecule has 5 nitrogen and oxygen atoms in total. The Balaban J connectivity index is 0.00000480. The number of halogens is 2. The molecule has 2 aromatic rings. The molecule has 0 heterocycles. The van der Waals surface area contributed by atoms with Gasteiger partial charge in [0.05, 0.1) is 12.3 Å². The van der Waals surface area contributed by atoms with Crippen molar-refractivity contribution in [3.63, 3.8) is 0 Å². The molecule has 8 heteroatoms. The Kier molecular flexibility index (Phi) is 10.9. The first-order chi connectivity index (χ1) is 14.1. The van der Waals surface area contributed by atoms with Crippen molar-refractivity contribution in [2.24, 2.45) is 10.4 Å². The first-order valence-electron chi connectivity index (χ1n) is 10.1. The van der Waals surface area contributed by atoms with Crippen LogP contribution in [0, 0.1) is 11.2 Å². The van der Waals surface area contributed by atoms with Crippen LogP contribution in [-0.4, -0.2) is 33.7 Å². The molecule has 172 valence electrons. The molecule has 0 bridgehead atoms. The second-order valence-electron chi connectivity index (χ2n) is 8.36. The van der Waals surface area contributed by atoms with Crippen LogP contribution in [0.25, 0.3) is 0 Å². The van der Waals surface area contributed by atoms with Crippen LogP contribution in [0.4, 0.5) is 4.39 Å². The smallest absolute Gasteiger partial charge is 0.191 e. The third kappa shape index (κ3) is 10.5. The van der Waals surface area contributed by atoms with Crippen LogP contribution in [0.3, 0.4) is 0 Å². The Morgan fingerprint density at radius 3 is 2.35 bits per heavy atom. The van der Waals surface area contributed by atoms with E-state index in [1.54, 1.807) is 0 Å². The number of nitrogens with zero attached hydrogens (tertiary/aromatic N) is 1. The van der Waals surface area contributed by atoms with E-state index in [9.17, 15) is 12.8 Å². The summed E-state index contributed by atoms with van der Waals surface area (Å²) < 4.78 is 37.1.